The number of piperidine rings is 1. The summed E-state index contributed by atoms with van der Waals surface area (Å²) >= 11 is 0. The van der Waals surface area contributed by atoms with Crippen LogP contribution in [0.3, 0.4) is 0 Å². The molecule has 0 bridgehead atoms. The fourth-order valence-corrected chi connectivity index (χ4v) is 3.79. The summed E-state index contributed by atoms with van der Waals surface area (Å²) < 4.78 is 0. The molecule has 1 aromatic rings. The van der Waals surface area contributed by atoms with Gasteiger partial charge in [-0.3, -0.25) is 9.80 Å². The Kier molecular flexibility index (Phi) is 4.63. The van der Waals surface area contributed by atoms with Crippen molar-refractivity contribution in [2.75, 3.05) is 26.2 Å². The molecule has 2 saturated heterocycles. The molecule has 2 fully saturated rings. The summed E-state index contributed by atoms with van der Waals surface area (Å²) in [5.41, 5.74) is 2.29. The molecule has 1 N–H and O–H groups in total. The highest BCUT2D eigenvalue weighted by Gasteiger charge is 2.33. The summed E-state index contributed by atoms with van der Waals surface area (Å²) in [6.07, 6.45) is 3.66. The minimum atomic E-state index is -0.388. The van der Waals surface area contributed by atoms with Gasteiger partial charge in [0.25, 0.3) is 0 Å². The number of aliphatic hydroxyl groups excluding tert-OH is 1. The SMILES string of the molecule is Cc1ccc(C(O)C(C)N2CCN3CCCCC3C2)cc1. The van der Waals surface area contributed by atoms with Gasteiger partial charge >= 0.3 is 0 Å². The van der Waals surface area contributed by atoms with E-state index in [1.807, 2.05) is 0 Å². The Hall–Kier alpha value is -0.900. The molecule has 3 rings (SSSR count). The Balaban J connectivity index is 1.64. The third-order valence-electron chi connectivity index (χ3n) is 5.32. The van der Waals surface area contributed by atoms with Gasteiger partial charge in [-0.15, -0.1) is 0 Å². The number of fused-ring (bicyclic) bond motifs is 1. The van der Waals surface area contributed by atoms with Gasteiger partial charge in [-0.25, -0.2) is 0 Å². The lowest BCUT2D eigenvalue weighted by molar-refractivity contribution is -0.00932. The molecule has 0 spiro atoms. The van der Waals surface area contributed by atoms with Gasteiger partial charge in [0.1, 0.15) is 0 Å². The molecule has 2 aliphatic heterocycles. The van der Waals surface area contributed by atoms with Crippen molar-refractivity contribution in [1.29, 1.82) is 0 Å². The Morgan fingerprint density at radius 1 is 1.10 bits per heavy atom. The van der Waals surface area contributed by atoms with Crippen LogP contribution in [0, 0.1) is 6.92 Å². The smallest absolute Gasteiger partial charge is 0.0942 e. The number of hydrogen-bond acceptors (Lipinski definition) is 3. The van der Waals surface area contributed by atoms with Crippen LogP contribution in [0.4, 0.5) is 0 Å². The number of aliphatic hydroxyl groups is 1. The van der Waals surface area contributed by atoms with E-state index in [0.29, 0.717) is 6.04 Å². The van der Waals surface area contributed by atoms with Gasteiger partial charge in [0, 0.05) is 31.7 Å². The van der Waals surface area contributed by atoms with Crippen molar-refractivity contribution in [2.24, 2.45) is 0 Å². The highest BCUT2D eigenvalue weighted by atomic mass is 16.3. The number of nitrogens with zero attached hydrogens (tertiary/aromatic N) is 2. The second-order valence-electron chi connectivity index (χ2n) is 6.78. The molecule has 0 saturated carbocycles. The largest absolute Gasteiger partial charge is 0.387 e. The topological polar surface area (TPSA) is 26.7 Å². The molecule has 2 heterocycles. The van der Waals surface area contributed by atoms with E-state index < -0.39 is 0 Å². The molecule has 0 aromatic heterocycles. The van der Waals surface area contributed by atoms with Crippen molar-refractivity contribution >= 4 is 0 Å². The molecule has 3 heteroatoms. The Morgan fingerprint density at radius 3 is 2.62 bits per heavy atom. The number of rotatable bonds is 3. The highest BCUT2D eigenvalue weighted by Crippen LogP contribution is 2.26. The molecule has 2 aliphatic rings. The van der Waals surface area contributed by atoms with E-state index in [2.05, 4.69) is 47.9 Å². The first kappa shape index (κ1) is 15.0. The average Bonchev–Trinajstić information content (AvgIpc) is 2.54. The molecule has 3 nitrogen and oxygen atoms in total. The Labute approximate surface area is 128 Å². The van der Waals surface area contributed by atoms with Crippen LogP contribution in [-0.2, 0) is 0 Å². The van der Waals surface area contributed by atoms with E-state index in [9.17, 15) is 5.11 Å². The molecule has 116 valence electrons. The molecule has 3 atom stereocenters. The van der Waals surface area contributed by atoms with Gasteiger partial charge in [-0.1, -0.05) is 36.2 Å². The van der Waals surface area contributed by atoms with Crippen LogP contribution in [0.2, 0.25) is 0 Å². The van der Waals surface area contributed by atoms with Crippen molar-refractivity contribution < 1.29 is 5.11 Å². The summed E-state index contributed by atoms with van der Waals surface area (Å²) in [6.45, 7) is 8.89. The zero-order valence-corrected chi connectivity index (χ0v) is 13.3. The van der Waals surface area contributed by atoms with E-state index in [1.54, 1.807) is 0 Å². The summed E-state index contributed by atoms with van der Waals surface area (Å²) in [5, 5.41) is 10.7. The molecular formula is C18H28N2O. The lowest BCUT2D eigenvalue weighted by Crippen LogP contribution is -2.57. The number of hydrogen-bond donors (Lipinski definition) is 1. The maximum Gasteiger partial charge on any atom is 0.0942 e. The van der Waals surface area contributed by atoms with Crippen molar-refractivity contribution in [1.82, 2.24) is 9.80 Å². The van der Waals surface area contributed by atoms with Gasteiger partial charge in [-0.05, 0) is 38.8 Å². The minimum Gasteiger partial charge on any atom is -0.387 e. The first-order chi connectivity index (χ1) is 10.1. The summed E-state index contributed by atoms with van der Waals surface area (Å²) in [6, 6.07) is 9.20. The first-order valence-electron chi connectivity index (χ1n) is 8.38. The number of benzene rings is 1. The molecule has 0 radical (unpaired) electrons. The van der Waals surface area contributed by atoms with Crippen LogP contribution < -0.4 is 0 Å². The van der Waals surface area contributed by atoms with Crippen molar-refractivity contribution in [3.8, 4) is 0 Å². The summed E-state index contributed by atoms with van der Waals surface area (Å²) in [7, 11) is 0. The predicted octanol–water partition coefficient (Wildman–Crippen LogP) is 2.59. The second-order valence-corrected chi connectivity index (χ2v) is 6.78. The lowest BCUT2D eigenvalue weighted by Gasteiger charge is -2.46. The monoisotopic (exact) mass is 288 g/mol. The molecule has 3 unspecified atom stereocenters. The standard InChI is InChI=1S/C18H28N2O/c1-14-6-8-16(9-7-14)18(21)15(2)20-12-11-19-10-4-3-5-17(19)13-20/h6-9,15,17-18,21H,3-5,10-13H2,1-2H3. The van der Waals surface area contributed by atoms with Crippen molar-refractivity contribution in [2.45, 2.75) is 51.3 Å². The summed E-state index contributed by atoms with van der Waals surface area (Å²) in [5.74, 6) is 0. The van der Waals surface area contributed by atoms with Crippen LogP contribution in [0.1, 0.15) is 43.4 Å². The maximum absolute atomic E-state index is 10.7. The van der Waals surface area contributed by atoms with E-state index >= 15 is 0 Å². The highest BCUT2D eigenvalue weighted by molar-refractivity contribution is 5.24. The van der Waals surface area contributed by atoms with Crippen molar-refractivity contribution in [3.63, 3.8) is 0 Å². The van der Waals surface area contributed by atoms with Crippen LogP contribution in [0.25, 0.3) is 0 Å². The Morgan fingerprint density at radius 2 is 1.86 bits per heavy atom. The van der Waals surface area contributed by atoms with Crippen LogP contribution in [0.15, 0.2) is 24.3 Å². The average molecular weight is 288 g/mol. The molecule has 0 aliphatic carbocycles. The molecular weight excluding hydrogens is 260 g/mol. The van der Waals surface area contributed by atoms with Gasteiger partial charge in [0.2, 0.25) is 0 Å². The number of aryl methyl sites for hydroxylation is 1. The van der Waals surface area contributed by atoms with Crippen LogP contribution in [-0.4, -0.2) is 53.2 Å². The first-order valence-corrected chi connectivity index (χ1v) is 8.38. The van der Waals surface area contributed by atoms with Gasteiger partial charge in [0.05, 0.1) is 6.10 Å². The second kappa shape index (κ2) is 6.47. The summed E-state index contributed by atoms with van der Waals surface area (Å²) in [4.78, 5) is 5.13. The van der Waals surface area contributed by atoms with Gasteiger partial charge < -0.3 is 5.11 Å². The third-order valence-corrected chi connectivity index (χ3v) is 5.32. The molecule has 1 aromatic carbocycles. The quantitative estimate of drug-likeness (QED) is 0.926. The maximum atomic E-state index is 10.7. The van der Waals surface area contributed by atoms with E-state index in [-0.39, 0.29) is 12.1 Å². The Bertz CT molecular complexity index is 459. The minimum absolute atomic E-state index is 0.191. The van der Waals surface area contributed by atoms with Crippen LogP contribution >= 0.6 is 0 Å². The molecule has 0 amide bonds. The van der Waals surface area contributed by atoms with Gasteiger partial charge in [-0.2, -0.15) is 0 Å². The fraction of sp³-hybridized carbons (Fsp3) is 0.667. The van der Waals surface area contributed by atoms with E-state index in [1.165, 1.54) is 31.4 Å². The third kappa shape index (κ3) is 3.31. The number of piperazine rings is 1. The van der Waals surface area contributed by atoms with E-state index in [0.717, 1.165) is 25.2 Å². The van der Waals surface area contributed by atoms with Gasteiger partial charge in [0.15, 0.2) is 0 Å². The molecule has 21 heavy (non-hydrogen) atoms. The van der Waals surface area contributed by atoms with E-state index in [4.69, 9.17) is 0 Å². The van der Waals surface area contributed by atoms with Crippen molar-refractivity contribution in [3.05, 3.63) is 35.4 Å². The fourth-order valence-electron chi connectivity index (χ4n) is 3.79. The normalized spacial score (nSPS) is 27.1. The lowest BCUT2D eigenvalue weighted by atomic mass is 9.96. The van der Waals surface area contributed by atoms with Crippen LogP contribution in [0.5, 0.6) is 0 Å². The zero-order valence-electron chi connectivity index (χ0n) is 13.3. The zero-order chi connectivity index (χ0) is 14.8. The predicted molar refractivity (Wildman–Crippen MR) is 86.4 cm³/mol.